The van der Waals surface area contributed by atoms with E-state index >= 15 is 0 Å². The van der Waals surface area contributed by atoms with Gasteiger partial charge in [0.05, 0.1) is 6.61 Å². The zero-order chi connectivity index (χ0) is 6.41. The van der Waals surface area contributed by atoms with Crippen molar-refractivity contribution in [1.29, 1.82) is 0 Å². The molecule has 0 aromatic heterocycles. The minimum atomic E-state index is 0.0833. The van der Waals surface area contributed by atoms with Crippen LogP contribution in [0.3, 0.4) is 0 Å². The van der Waals surface area contributed by atoms with Gasteiger partial charge in [-0.2, -0.15) is 0 Å². The fourth-order valence-electron chi connectivity index (χ4n) is 0.576. The lowest BCUT2D eigenvalue weighted by molar-refractivity contribution is 0.250. The molecule has 0 aromatic carbocycles. The maximum absolute atomic E-state index is 8.51. The smallest absolute Gasteiger partial charge is 0.0568 e. The maximum atomic E-state index is 8.51. The molecule has 1 atom stereocenters. The number of hydrogen-bond acceptors (Lipinski definition) is 1. The summed E-state index contributed by atoms with van der Waals surface area (Å²) >= 11 is 0. The highest BCUT2D eigenvalue weighted by atomic mass is 16.3. The van der Waals surface area contributed by atoms with E-state index in [9.17, 15) is 0 Å². The predicted molar refractivity (Wildman–Crippen MR) is 34.3 cm³/mol. The van der Waals surface area contributed by atoms with E-state index in [2.05, 4.69) is 12.8 Å². The maximum Gasteiger partial charge on any atom is 0.0568 e. The molecule has 0 radical (unpaired) electrons. The molecule has 0 saturated heterocycles. The Morgan fingerprint density at radius 2 is 2.38 bits per heavy atom. The Hall–Kier alpha value is -0.480. The van der Waals surface area contributed by atoms with Crippen LogP contribution in [-0.4, -0.2) is 11.7 Å². The number of hydrogen-bond donors (Lipinski definition) is 1. The summed E-state index contributed by atoms with van der Waals surface area (Å²) in [5.41, 5.74) is 0. The van der Waals surface area contributed by atoms with Crippen LogP contribution in [0, 0.1) is 18.3 Å². The molecular formula is C7H12O. The third-order valence-corrected chi connectivity index (χ3v) is 1.09. The van der Waals surface area contributed by atoms with E-state index in [-0.39, 0.29) is 12.5 Å². The van der Waals surface area contributed by atoms with E-state index in [0.717, 1.165) is 12.8 Å². The van der Waals surface area contributed by atoms with Crippen molar-refractivity contribution < 1.29 is 5.11 Å². The van der Waals surface area contributed by atoms with Crippen LogP contribution in [0.1, 0.15) is 19.8 Å². The average Bonchev–Trinajstić information content (AvgIpc) is 1.83. The predicted octanol–water partition coefficient (Wildman–Crippen LogP) is 1.03. The highest BCUT2D eigenvalue weighted by Gasteiger charge is 1.98. The van der Waals surface area contributed by atoms with Gasteiger partial charge in [0, 0.05) is 5.92 Å². The fourth-order valence-corrected chi connectivity index (χ4v) is 0.576. The van der Waals surface area contributed by atoms with Crippen molar-refractivity contribution in [1.82, 2.24) is 0 Å². The molecule has 0 aliphatic carbocycles. The SMILES string of the molecule is C#CC(CO)CCC. The molecule has 1 unspecified atom stereocenters. The second-order valence-electron chi connectivity index (χ2n) is 1.83. The molecule has 0 aromatic rings. The molecule has 1 nitrogen and oxygen atoms in total. The van der Waals surface area contributed by atoms with E-state index in [4.69, 9.17) is 11.5 Å². The highest BCUT2D eigenvalue weighted by molar-refractivity contribution is 4.91. The molecule has 0 amide bonds. The van der Waals surface area contributed by atoms with Crippen molar-refractivity contribution in [3.05, 3.63) is 0 Å². The van der Waals surface area contributed by atoms with Crippen molar-refractivity contribution in [2.75, 3.05) is 6.61 Å². The van der Waals surface area contributed by atoms with Gasteiger partial charge in [-0.1, -0.05) is 13.3 Å². The summed E-state index contributed by atoms with van der Waals surface area (Å²) in [6, 6.07) is 0. The van der Waals surface area contributed by atoms with Gasteiger partial charge < -0.3 is 5.11 Å². The number of aliphatic hydroxyl groups is 1. The summed E-state index contributed by atoms with van der Waals surface area (Å²) in [6.07, 6.45) is 7.05. The van der Waals surface area contributed by atoms with Gasteiger partial charge in [-0.05, 0) is 6.42 Å². The van der Waals surface area contributed by atoms with Gasteiger partial charge in [0.25, 0.3) is 0 Å². The largest absolute Gasteiger partial charge is 0.395 e. The topological polar surface area (TPSA) is 20.2 Å². The first-order chi connectivity index (χ1) is 3.85. The average molecular weight is 112 g/mol. The summed E-state index contributed by atoms with van der Waals surface area (Å²) in [5.74, 6) is 2.59. The molecule has 0 spiro atoms. The molecule has 0 aliphatic heterocycles. The summed E-state index contributed by atoms with van der Waals surface area (Å²) in [6.45, 7) is 2.18. The minimum Gasteiger partial charge on any atom is -0.395 e. The molecular weight excluding hydrogens is 100 g/mol. The van der Waals surface area contributed by atoms with E-state index in [0.29, 0.717) is 0 Å². The summed E-state index contributed by atoms with van der Waals surface area (Å²) in [7, 11) is 0. The lowest BCUT2D eigenvalue weighted by Gasteiger charge is -2.01. The first-order valence-corrected chi connectivity index (χ1v) is 2.92. The second kappa shape index (κ2) is 4.67. The Morgan fingerprint density at radius 1 is 1.75 bits per heavy atom. The van der Waals surface area contributed by atoms with Crippen molar-refractivity contribution in [2.24, 2.45) is 5.92 Å². The second-order valence-corrected chi connectivity index (χ2v) is 1.83. The van der Waals surface area contributed by atoms with Gasteiger partial charge in [0.1, 0.15) is 0 Å². The van der Waals surface area contributed by atoms with Gasteiger partial charge in [-0.3, -0.25) is 0 Å². The molecule has 0 heterocycles. The number of aliphatic hydroxyl groups excluding tert-OH is 1. The van der Waals surface area contributed by atoms with E-state index in [1.165, 1.54) is 0 Å². The molecule has 1 heteroatoms. The Morgan fingerprint density at radius 3 is 2.50 bits per heavy atom. The first kappa shape index (κ1) is 7.52. The van der Waals surface area contributed by atoms with Crippen LogP contribution < -0.4 is 0 Å². The molecule has 0 rings (SSSR count). The van der Waals surface area contributed by atoms with Crippen LogP contribution in [0.25, 0.3) is 0 Å². The number of terminal acetylenes is 1. The zero-order valence-corrected chi connectivity index (χ0v) is 5.22. The molecule has 0 bridgehead atoms. The van der Waals surface area contributed by atoms with Gasteiger partial charge in [0.2, 0.25) is 0 Å². The fraction of sp³-hybridized carbons (Fsp3) is 0.714. The normalized spacial score (nSPS) is 12.6. The van der Waals surface area contributed by atoms with E-state index in [1.807, 2.05) is 0 Å². The molecule has 1 N–H and O–H groups in total. The quantitative estimate of drug-likeness (QED) is 0.540. The summed E-state index contributed by atoms with van der Waals surface area (Å²) < 4.78 is 0. The lowest BCUT2D eigenvalue weighted by atomic mass is 10.1. The molecule has 0 fully saturated rings. The van der Waals surface area contributed by atoms with Gasteiger partial charge >= 0.3 is 0 Å². The van der Waals surface area contributed by atoms with Gasteiger partial charge in [0.15, 0.2) is 0 Å². The monoisotopic (exact) mass is 112 g/mol. The van der Waals surface area contributed by atoms with Crippen LogP contribution in [0.4, 0.5) is 0 Å². The third kappa shape index (κ3) is 2.65. The number of rotatable bonds is 3. The molecule has 46 valence electrons. The van der Waals surface area contributed by atoms with Crippen molar-refractivity contribution in [3.63, 3.8) is 0 Å². The minimum absolute atomic E-state index is 0.0833. The Labute approximate surface area is 50.7 Å². The Kier molecular flexibility index (Phi) is 4.39. The van der Waals surface area contributed by atoms with Crippen molar-refractivity contribution in [3.8, 4) is 12.3 Å². The van der Waals surface area contributed by atoms with Crippen LogP contribution in [0.5, 0.6) is 0 Å². The van der Waals surface area contributed by atoms with Gasteiger partial charge in [-0.15, -0.1) is 12.3 Å². The summed E-state index contributed by atoms with van der Waals surface area (Å²) in [4.78, 5) is 0. The van der Waals surface area contributed by atoms with E-state index < -0.39 is 0 Å². The summed E-state index contributed by atoms with van der Waals surface area (Å²) in [5, 5.41) is 8.51. The van der Waals surface area contributed by atoms with E-state index in [1.54, 1.807) is 0 Å². The van der Waals surface area contributed by atoms with Crippen molar-refractivity contribution in [2.45, 2.75) is 19.8 Å². The van der Waals surface area contributed by atoms with Gasteiger partial charge in [-0.25, -0.2) is 0 Å². The Bertz CT molecular complexity index is 80.9. The van der Waals surface area contributed by atoms with Crippen LogP contribution in [-0.2, 0) is 0 Å². The molecule has 0 aliphatic rings. The van der Waals surface area contributed by atoms with Crippen LogP contribution >= 0.6 is 0 Å². The highest BCUT2D eigenvalue weighted by Crippen LogP contribution is 2.01. The third-order valence-electron chi connectivity index (χ3n) is 1.09. The van der Waals surface area contributed by atoms with Crippen molar-refractivity contribution >= 4 is 0 Å². The zero-order valence-electron chi connectivity index (χ0n) is 5.22. The van der Waals surface area contributed by atoms with Crippen LogP contribution in [0.2, 0.25) is 0 Å². The Balaban J connectivity index is 3.26. The first-order valence-electron chi connectivity index (χ1n) is 2.92. The van der Waals surface area contributed by atoms with Crippen LogP contribution in [0.15, 0.2) is 0 Å². The lowest BCUT2D eigenvalue weighted by Crippen LogP contribution is -2.00. The molecule has 0 saturated carbocycles. The molecule has 8 heavy (non-hydrogen) atoms. The standard InChI is InChI=1S/C7H12O/c1-3-5-7(4-2)6-8/h2,7-8H,3,5-6H2,1H3.